The van der Waals surface area contributed by atoms with Gasteiger partial charge in [-0.2, -0.15) is 0 Å². The first-order valence-electron chi connectivity index (χ1n) is 22.0. The van der Waals surface area contributed by atoms with Crippen LogP contribution in [0.2, 0.25) is 0 Å². The molecule has 0 spiro atoms. The number of benzene rings is 5. The van der Waals surface area contributed by atoms with Crippen LogP contribution >= 0.6 is 7.05 Å². The van der Waals surface area contributed by atoms with Crippen molar-refractivity contribution in [1.82, 2.24) is 9.80 Å². The van der Waals surface area contributed by atoms with Crippen molar-refractivity contribution in [1.29, 1.82) is 0 Å². The van der Waals surface area contributed by atoms with Crippen molar-refractivity contribution in [3.63, 3.8) is 0 Å². The lowest BCUT2D eigenvalue weighted by atomic mass is 9.71. The van der Waals surface area contributed by atoms with E-state index in [1.54, 1.807) is 7.11 Å². The summed E-state index contributed by atoms with van der Waals surface area (Å²) in [5, 5.41) is 3.29. The number of ether oxygens (including phenoxy) is 4. The number of hydrogen-bond donors (Lipinski definition) is 0. The molecular formula is C53H65N4O5P. The Kier molecular flexibility index (Phi) is 10.9. The highest BCUT2D eigenvalue weighted by atomic mass is 31.2. The molecule has 3 fully saturated rings. The van der Waals surface area contributed by atoms with Gasteiger partial charge in [-0.15, -0.1) is 0 Å². The summed E-state index contributed by atoms with van der Waals surface area (Å²) >= 11 is 0. The fraction of sp³-hybridized carbons (Fsp3) is 0.415. The van der Waals surface area contributed by atoms with Gasteiger partial charge < -0.3 is 34.2 Å². The summed E-state index contributed by atoms with van der Waals surface area (Å²) in [6, 6.07) is 39.1. The third kappa shape index (κ3) is 7.20. The molecule has 4 aliphatic rings. The van der Waals surface area contributed by atoms with E-state index in [0.717, 1.165) is 61.6 Å². The van der Waals surface area contributed by atoms with Crippen LogP contribution in [0, 0.1) is 0 Å². The SMILES string of the molecule is COc1ccccc1P(=Nc1cc(C(C)(C)C)cc2c1Oc1c(N=C3N4C(OCC4(C)C)C4OCC(C)(C)N34)cc(C(C)(C)C)cc1C2(C)C)(c1ccccc1)c1ccccc1.O. The molecule has 5 aromatic rings. The van der Waals surface area contributed by atoms with Gasteiger partial charge in [0, 0.05) is 32.5 Å². The van der Waals surface area contributed by atoms with Crippen LogP contribution in [0.15, 0.2) is 119 Å². The molecule has 2 N–H and O–H groups in total. The van der Waals surface area contributed by atoms with Crippen LogP contribution in [0.1, 0.15) is 105 Å². The van der Waals surface area contributed by atoms with Gasteiger partial charge in [-0.25, -0.2) is 9.74 Å². The lowest BCUT2D eigenvalue weighted by Gasteiger charge is -2.39. The highest BCUT2D eigenvalue weighted by Crippen LogP contribution is 2.60. The highest BCUT2D eigenvalue weighted by molar-refractivity contribution is 7.87. The molecular weight excluding hydrogens is 804 g/mol. The van der Waals surface area contributed by atoms with Crippen molar-refractivity contribution in [2.45, 2.75) is 123 Å². The number of methoxy groups -OCH3 is 1. The van der Waals surface area contributed by atoms with Gasteiger partial charge in [-0.05, 0) is 73.9 Å². The average molecular weight is 869 g/mol. The van der Waals surface area contributed by atoms with Gasteiger partial charge in [0.1, 0.15) is 17.1 Å². The van der Waals surface area contributed by atoms with E-state index in [1.807, 2.05) is 6.07 Å². The Morgan fingerprint density at radius 2 is 1.06 bits per heavy atom. The molecule has 63 heavy (non-hydrogen) atoms. The fourth-order valence-corrected chi connectivity index (χ4v) is 13.3. The summed E-state index contributed by atoms with van der Waals surface area (Å²) in [5.41, 5.74) is 4.75. The number of guanidine groups is 1. The van der Waals surface area contributed by atoms with E-state index in [2.05, 4.69) is 196 Å². The molecule has 0 amide bonds. The Balaban J connectivity index is 0.00000544. The zero-order valence-electron chi connectivity index (χ0n) is 39.3. The Bertz CT molecular complexity index is 2570. The highest BCUT2D eigenvalue weighted by Gasteiger charge is 2.62. The molecule has 0 aliphatic carbocycles. The molecule has 0 saturated carbocycles. The molecule has 2 atom stereocenters. The smallest absolute Gasteiger partial charge is 0.207 e. The summed E-state index contributed by atoms with van der Waals surface area (Å²) in [5.74, 6) is 3.16. The van der Waals surface area contributed by atoms with Gasteiger partial charge in [-0.1, -0.05) is 140 Å². The van der Waals surface area contributed by atoms with E-state index in [-0.39, 0.29) is 39.8 Å². The van der Waals surface area contributed by atoms with Gasteiger partial charge in [-0.3, -0.25) is 0 Å². The minimum absolute atomic E-state index is 0. The van der Waals surface area contributed by atoms with Crippen molar-refractivity contribution in [3.8, 4) is 17.2 Å². The maximum absolute atomic E-state index is 7.54. The molecule has 0 bridgehead atoms. The summed E-state index contributed by atoms with van der Waals surface area (Å²) in [6.45, 7) is 28.4. The molecule has 2 unspecified atom stereocenters. The first kappa shape index (κ1) is 44.7. The van der Waals surface area contributed by atoms with Crippen LogP contribution in [0.5, 0.6) is 17.2 Å². The van der Waals surface area contributed by atoms with Crippen molar-refractivity contribution >= 4 is 40.3 Å². The Morgan fingerprint density at radius 3 is 1.54 bits per heavy atom. The normalized spacial score (nSPS) is 20.5. The average Bonchev–Trinajstić information content (AvgIpc) is 3.85. The van der Waals surface area contributed by atoms with Gasteiger partial charge >= 0.3 is 0 Å². The van der Waals surface area contributed by atoms with Gasteiger partial charge in [0.15, 0.2) is 24.0 Å². The van der Waals surface area contributed by atoms with E-state index >= 15 is 0 Å². The second-order valence-corrected chi connectivity index (χ2v) is 24.2. The standard InChI is InChI=1S/C53H63N4O4P.H2O/c1-49(2,3)34-28-38-44(40(30-34)54-48-56-46(59-32-51(56,7)8)47-57(48)52(9,10)33-60-47)61-45-39(53(38,11)12)29-35(50(4,5)6)31-41(45)55-62(36-22-16-14-17-23-36,37-24-18-15-19-25-37)43-27-21-20-26-42(43)58-13;/h14-31,46-47H,32-33H2,1-13H3;1H2. The zero-order chi connectivity index (χ0) is 44.2. The topological polar surface area (TPSA) is 99.6 Å². The quantitative estimate of drug-likeness (QED) is 0.158. The zero-order valence-corrected chi connectivity index (χ0v) is 40.2. The van der Waals surface area contributed by atoms with Crippen LogP contribution < -0.4 is 25.4 Å². The number of rotatable bonds is 6. The van der Waals surface area contributed by atoms with Crippen LogP contribution in [0.4, 0.5) is 11.4 Å². The molecule has 0 radical (unpaired) electrons. The Morgan fingerprint density at radius 1 is 0.619 bits per heavy atom. The number of nitrogens with zero attached hydrogens (tertiary/aromatic N) is 4. The number of aliphatic imine (C=N–C) groups is 1. The molecule has 10 heteroatoms. The van der Waals surface area contributed by atoms with E-state index in [0.29, 0.717) is 13.2 Å². The number of fused-ring (bicyclic) bond motifs is 5. The molecule has 5 aromatic carbocycles. The van der Waals surface area contributed by atoms with E-state index in [4.69, 9.17) is 28.7 Å². The second kappa shape index (κ2) is 15.4. The summed E-state index contributed by atoms with van der Waals surface area (Å²) in [6.07, 6.45) is -0.510. The van der Waals surface area contributed by atoms with Gasteiger partial charge in [0.05, 0.1) is 38.5 Å². The predicted octanol–water partition coefficient (Wildman–Crippen LogP) is 10.6. The molecule has 9 nitrogen and oxygen atoms in total. The van der Waals surface area contributed by atoms with E-state index in [1.165, 1.54) is 11.1 Å². The van der Waals surface area contributed by atoms with Gasteiger partial charge in [0.25, 0.3) is 0 Å². The second-order valence-electron chi connectivity index (χ2n) is 21.2. The fourth-order valence-electron chi connectivity index (χ4n) is 9.66. The molecule has 332 valence electrons. The number of hydrogen-bond acceptors (Lipinski definition) is 6. The molecule has 9 rings (SSSR count). The van der Waals surface area contributed by atoms with Crippen molar-refractivity contribution in [3.05, 3.63) is 131 Å². The van der Waals surface area contributed by atoms with E-state index in [9.17, 15) is 0 Å². The number of para-hydroxylation sites is 1. The molecule has 4 aliphatic heterocycles. The third-order valence-electron chi connectivity index (χ3n) is 13.3. The third-order valence-corrected chi connectivity index (χ3v) is 17.0. The maximum Gasteiger partial charge on any atom is 0.207 e. The lowest BCUT2D eigenvalue weighted by Crippen LogP contribution is -2.51. The van der Waals surface area contributed by atoms with Crippen molar-refractivity contribution in [2.75, 3.05) is 20.3 Å². The molecule has 3 saturated heterocycles. The summed E-state index contributed by atoms with van der Waals surface area (Å²) in [7, 11) is -1.09. The van der Waals surface area contributed by atoms with Crippen molar-refractivity contribution in [2.24, 2.45) is 9.74 Å². The summed E-state index contributed by atoms with van der Waals surface area (Å²) < 4.78 is 32.9. The Hall–Kier alpha value is -4.92. The monoisotopic (exact) mass is 868 g/mol. The van der Waals surface area contributed by atoms with Crippen LogP contribution in [0.3, 0.4) is 0 Å². The van der Waals surface area contributed by atoms with Crippen LogP contribution in [-0.4, -0.2) is 65.1 Å². The molecule has 4 heterocycles. The van der Waals surface area contributed by atoms with Gasteiger partial charge in [0.2, 0.25) is 5.96 Å². The molecule has 0 aromatic heterocycles. The Labute approximate surface area is 374 Å². The van der Waals surface area contributed by atoms with E-state index < -0.39 is 12.5 Å². The summed E-state index contributed by atoms with van der Waals surface area (Å²) in [4.78, 5) is 10.4. The minimum atomic E-state index is -2.84. The van der Waals surface area contributed by atoms with Crippen LogP contribution in [0.25, 0.3) is 0 Å². The minimum Gasteiger partial charge on any atom is -0.496 e. The first-order valence-corrected chi connectivity index (χ1v) is 23.8. The maximum atomic E-state index is 7.54. The predicted molar refractivity (Wildman–Crippen MR) is 258 cm³/mol. The van der Waals surface area contributed by atoms with Crippen molar-refractivity contribution < 1.29 is 24.4 Å². The largest absolute Gasteiger partial charge is 0.496 e. The lowest BCUT2D eigenvalue weighted by molar-refractivity contribution is -0.0619. The van der Waals surface area contributed by atoms with Crippen LogP contribution in [-0.2, 0) is 25.7 Å². The first-order chi connectivity index (χ1) is 29.2.